The first-order valence-corrected chi connectivity index (χ1v) is 11.8. The minimum atomic E-state index is -0.420. The van der Waals surface area contributed by atoms with Crippen molar-refractivity contribution in [1.82, 2.24) is 5.43 Å². The molecular formula is C25H25N3O5S. The van der Waals surface area contributed by atoms with Crippen LogP contribution in [-0.4, -0.2) is 24.2 Å². The van der Waals surface area contributed by atoms with Gasteiger partial charge < -0.3 is 9.47 Å². The molecule has 0 fully saturated rings. The van der Waals surface area contributed by atoms with Crippen LogP contribution in [0.15, 0.2) is 46.9 Å². The number of hydrogen-bond donors (Lipinski definition) is 1. The molecule has 0 radical (unpaired) electrons. The molecule has 4 rings (SSSR count). The molecule has 0 unspecified atom stereocenters. The van der Waals surface area contributed by atoms with Gasteiger partial charge in [0.2, 0.25) is 0 Å². The quantitative estimate of drug-likeness (QED) is 0.272. The summed E-state index contributed by atoms with van der Waals surface area (Å²) in [6.07, 6.45) is 5.87. The standard InChI is InChI=1S/C25H25N3O5S/c1-16-11-19(8-9-22(16)28(30)31)33-14-18-12-17(7-10-23(18)32-2)13-26-27-25(29)21-15-34-24-6-4-3-5-20(21)24/h7-13,15H,3-6,14H2,1-2H3,(H,27,29)/b26-13-. The zero-order chi connectivity index (χ0) is 24.1. The number of methoxy groups -OCH3 is 1. The molecule has 0 saturated carbocycles. The Labute approximate surface area is 201 Å². The molecule has 1 aliphatic rings. The van der Waals surface area contributed by atoms with E-state index >= 15 is 0 Å². The van der Waals surface area contributed by atoms with Crippen LogP contribution in [0.25, 0.3) is 0 Å². The van der Waals surface area contributed by atoms with Crippen LogP contribution in [0.2, 0.25) is 0 Å². The Balaban J connectivity index is 1.42. The third-order valence-corrected chi connectivity index (χ3v) is 6.84. The second-order valence-corrected chi connectivity index (χ2v) is 8.99. The summed E-state index contributed by atoms with van der Waals surface area (Å²) in [7, 11) is 1.57. The van der Waals surface area contributed by atoms with Gasteiger partial charge in [0, 0.05) is 27.5 Å². The van der Waals surface area contributed by atoms with Crippen molar-refractivity contribution >= 4 is 29.1 Å². The van der Waals surface area contributed by atoms with Gasteiger partial charge in [-0.25, -0.2) is 5.43 Å². The van der Waals surface area contributed by atoms with E-state index in [0.717, 1.165) is 41.5 Å². The van der Waals surface area contributed by atoms with Crippen LogP contribution in [0.1, 0.15) is 50.3 Å². The highest BCUT2D eigenvalue weighted by atomic mass is 32.1. The van der Waals surface area contributed by atoms with Gasteiger partial charge >= 0.3 is 0 Å². The van der Waals surface area contributed by atoms with E-state index in [1.807, 2.05) is 17.5 Å². The van der Waals surface area contributed by atoms with Gasteiger partial charge in [0.1, 0.15) is 18.1 Å². The number of carbonyl (C=O) groups excluding carboxylic acids is 1. The number of thiophene rings is 1. The van der Waals surface area contributed by atoms with Crippen LogP contribution in [0, 0.1) is 17.0 Å². The van der Waals surface area contributed by atoms with E-state index in [0.29, 0.717) is 17.1 Å². The van der Waals surface area contributed by atoms with Crippen molar-refractivity contribution in [3.63, 3.8) is 0 Å². The first-order chi connectivity index (χ1) is 16.5. The van der Waals surface area contributed by atoms with E-state index in [-0.39, 0.29) is 18.2 Å². The number of amides is 1. The average Bonchev–Trinajstić information content (AvgIpc) is 3.27. The number of ether oxygens (including phenoxy) is 2. The Kier molecular flexibility index (Phi) is 7.22. The molecule has 0 aliphatic heterocycles. The molecule has 1 amide bonds. The topological polar surface area (TPSA) is 103 Å². The van der Waals surface area contributed by atoms with Crippen molar-refractivity contribution in [2.45, 2.75) is 39.2 Å². The number of hydrazone groups is 1. The number of carbonyl (C=O) groups is 1. The van der Waals surface area contributed by atoms with Gasteiger partial charge in [-0.1, -0.05) is 0 Å². The number of nitro benzene ring substituents is 1. The first-order valence-electron chi connectivity index (χ1n) is 10.9. The van der Waals surface area contributed by atoms with Crippen LogP contribution in [0.3, 0.4) is 0 Å². The molecule has 0 spiro atoms. The van der Waals surface area contributed by atoms with Gasteiger partial charge in [0.15, 0.2) is 0 Å². The van der Waals surface area contributed by atoms with Crippen molar-refractivity contribution in [2.75, 3.05) is 7.11 Å². The second kappa shape index (κ2) is 10.5. The summed E-state index contributed by atoms with van der Waals surface area (Å²) in [5, 5.41) is 17.1. The fourth-order valence-corrected chi connectivity index (χ4v) is 5.11. The van der Waals surface area contributed by atoms with Gasteiger partial charge in [-0.05, 0) is 74.1 Å². The Morgan fingerprint density at radius 1 is 1.24 bits per heavy atom. The van der Waals surface area contributed by atoms with Crippen LogP contribution in [0.5, 0.6) is 11.5 Å². The number of aryl methyl sites for hydroxylation is 2. The predicted octanol–water partition coefficient (Wildman–Crippen LogP) is 5.20. The largest absolute Gasteiger partial charge is 0.496 e. The molecule has 1 heterocycles. The number of nitrogens with zero attached hydrogens (tertiary/aromatic N) is 2. The third kappa shape index (κ3) is 5.26. The number of nitrogens with one attached hydrogen (secondary N) is 1. The van der Waals surface area contributed by atoms with Gasteiger partial charge in [0.25, 0.3) is 11.6 Å². The predicted molar refractivity (Wildman–Crippen MR) is 131 cm³/mol. The molecule has 3 aromatic rings. The number of fused-ring (bicyclic) bond motifs is 1. The lowest BCUT2D eigenvalue weighted by atomic mass is 9.96. The highest BCUT2D eigenvalue weighted by molar-refractivity contribution is 7.10. The van der Waals surface area contributed by atoms with Crippen molar-refractivity contribution < 1.29 is 19.2 Å². The van der Waals surface area contributed by atoms with E-state index < -0.39 is 4.92 Å². The molecule has 2 aromatic carbocycles. The fourth-order valence-electron chi connectivity index (χ4n) is 3.99. The lowest BCUT2D eigenvalue weighted by molar-refractivity contribution is -0.385. The van der Waals surface area contributed by atoms with Gasteiger partial charge in [-0.3, -0.25) is 14.9 Å². The molecule has 1 N–H and O–H groups in total. The molecule has 1 aliphatic carbocycles. The first kappa shape index (κ1) is 23.4. The van der Waals surface area contributed by atoms with Crippen molar-refractivity contribution in [3.8, 4) is 11.5 Å². The summed E-state index contributed by atoms with van der Waals surface area (Å²) in [6, 6.07) is 10.1. The van der Waals surface area contributed by atoms with Crippen LogP contribution >= 0.6 is 11.3 Å². The number of rotatable bonds is 8. The van der Waals surface area contributed by atoms with E-state index in [1.54, 1.807) is 49.8 Å². The maximum atomic E-state index is 12.6. The molecular weight excluding hydrogens is 454 g/mol. The molecule has 1 aromatic heterocycles. The Bertz CT molecular complexity index is 1250. The SMILES string of the molecule is COc1ccc(/C=N\NC(=O)c2csc3c2CCCC3)cc1COc1ccc([N+](=O)[O-])c(C)c1. The van der Waals surface area contributed by atoms with Crippen molar-refractivity contribution in [3.05, 3.63) is 84.6 Å². The van der Waals surface area contributed by atoms with Gasteiger partial charge in [-0.2, -0.15) is 5.10 Å². The lowest BCUT2D eigenvalue weighted by Crippen LogP contribution is -2.19. The van der Waals surface area contributed by atoms with Crippen molar-refractivity contribution in [1.29, 1.82) is 0 Å². The van der Waals surface area contributed by atoms with Gasteiger partial charge in [0.05, 0.1) is 23.8 Å². The maximum Gasteiger partial charge on any atom is 0.272 e. The Morgan fingerprint density at radius 3 is 2.82 bits per heavy atom. The summed E-state index contributed by atoms with van der Waals surface area (Å²) in [5.74, 6) is 0.974. The summed E-state index contributed by atoms with van der Waals surface area (Å²) in [5.41, 5.74) is 6.64. The third-order valence-electron chi connectivity index (χ3n) is 5.75. The molecule has 34 heavy (non-hydrogen) atoms. The smallest absolute Gasteiger partial charge is 0.272 e. The molecule has 9 heteroatoms. The average molecular weight is 480 g/mol. The number of benzene rings is 2. The Hall–Kier alpha value is -3.72. The molecule has 0 bridgehead atoms. The Morgan fingerprint density at radius 2 is 2.06 bits per heavy atom. The molecule has 176 valence electrons. The summed E-state index contributed by atoms with van der Waals surface area (Å²) in [4.78, 5) is 24.5. The maximum absolute atomic E-state index is 12.6. The minimum absolute atomic E-state index is 0.0492. The minimum Gasteiger partial charge on any atom is -0.496 e. The van der Waals surface area contributed by atoms with Gasteiger partial charge in [-0.15, -0.1) is 11.3 Å². The zero-order valence-corrected chi connectivity index (χ0v) is 19.8. The lowest BCUT2D eigenvalue weighted by Gasteiger charge is -2.12. The van der Waals surface area contributed by atoms with Crippen LogP contribution in [-0.2, 0) is 19.4 Å². The molecule has 0 saturated heterocycles. The van der Waals surface area contributed by atoms with E-state index in [9.17, 15) is 14.9 Å². The summed E-state index contributed by atoms with van der Waals surface area (Å²) >= 11 is 1.65. The number of nitro groups is 1. The molecule has 0 atom stereocenters. The number of hydrogen-bond acceptors (Lipinski definition) is 7. The monoisotopic (exact) mass is 479 g/mol. The van der Waals surface area contributed by atoms with Crippen LogP contribution < -0.4 is 14.9 Å². The molecule has 8 nitrogen and oxygen atoms in total. The highest BCUT2D eigenvalue weighted by Gasteiger charge is 2.19. The highest BCUT2D eigenvalue weighted by Crippen LogP contribution is 2.30. The fraction of sp³-hybridized carbons (Fsp3) is 0.280. The normalized spacial score (nSPS) is 12.9. The summed E-state index contributed by atoms with van der Waals surface area (Å²) in [6.45, 7) is 1.87. The second-order valence-electron chi connectivity index (χ2n) is 8.02. The van der Waals surface area contributed by atoms with Crippen LogP contribution in [0.4, 0.5) is 5.69 Å². The van der Waals surface area contributed by atoms with E-state index in [2.05, 4.69) is 10.5 Å². The van der Waals surface area contributed by atoms with E-state index in [4.69, 9.17) is 9.47 Å². The van der Waals surface area contributed by atoms with Crippen molar-refractivity contribution in [2.24, 2.45) is 5.10 Å². The summed E-state index contributed by atoms with van der Waals surface area (Å²) < 4.78 is 11.3. The van der Waals surface area contributed by atoms with E-state index in [1.165, 1.54) is 17.4 Å². The zero-order valence-electron chi connectivity index (χ0n) is 19.0.